The van der Waals surface area contributed by atoms with Crippen LogP contribution in [0.5, 0.6) is 0 Å². The summed E-state index contributed by atoms with van der Waals surface area (Å²) in [6.45, 7) is 6.84. The van der Waals surface area contributed by atoms with Gasteiger partial charge < -0.3 is 21.1 Å². The van der Waals surface area contributed by atoms with Crippen molar-refractivity contribution in [1.29, 1.82) is 0 Å². The van der Waals surface area contributed by atoms with Crippen LogP contribution in [0.4, 0.5) is 16.2 Å². The molecule has 1 aromatic carbocycles. The number of rotatable bonds is 5. The van der Waals surface area contributed by atoms with Gasteiger partial charge in [-0.05, 0) is 39.0 Å². The highest BCUT2D eigenvalue weighted by Crippen LogP contribution is 2.11. The molecular formula is C13H21N3O2. The number of ether oxygens (including phenoxy) is 1. The minimum absolute atomic E-state index is 0.270. The average molecular weight is 251 g/mol. The van der Waals surface area contributed by atoms with Crippen molar-refractivity contribution >= 4 is 17.4 Å². The molecule has 5 heteroatoms. The molecule has 0 aliphatic rings. The van der Waals surface area contributed by atoms with Crippen LogP contribution in [0.1, 0.15) is 20.8 Å². The normalized spacial score (nSPS) is 11.1. The molecular weight excluding hydrogens is 230 g/mol. The molecule has 2 amide bonds. The molecule has 0 fully saturated rings. The van der Waals surface area contributed by atoms with Gasteiger partial charge in [0.05, 0.1) is 5.60 Å². The van der Waals surface area contributed by atoms with Gasteiger partial charge >= 0.3 is 6.03 Å². The summed E-state index contributed by atoms with van der Waals surface area (Å²) in [5, 5.41) is 5.47. The van der Waals surface area contributed by atoms with Gasteiger partial charge in [-0.3, -0.25) is 0 Å². The van der Waals surface area contributed by atoms with Gasteiger partial charge in [0.1, 0.15) is 0 Å². The molecule has 0 bridgehead atoms. The van der Waals surface area contributed by atoms with Crippen molar-refractivity contribution in [2.24, 2.45) is 0 Å². The summed E-state index contributed by atoms with van der Waals surface area (Å²) in [6, 6.07) is 6.76. The van der Waals surface area contributed by atoms with Gasteiger partial charge in [0, 0.05) is 24.5 Å². The monoisotopic (exact) mass is 251 g/mol. The Hall–Kier alpha value is -1.75. The van der Waals surface area contributed by atoms with Crippen molar-refractivity contribution in [2.45, 2.75) is 26.4 Å². The molecule has 0 unspecified atom stereocenters. The van der Waals surface area contributed by atoms with E-state index in [-0.39, 0.29) is 11.6 Å². The molecule has 0 saturated carbocycles. The van der Waals surface area contributed by atoms with Crippen LogP contribution < -0.4 is 16.4 Å². The lowest BCUT2D eigenvalue weighted by Crippen LogP contribution is -2.42. The van der Waals surface area contributed by atoms with E-state index in [1.807, 2.05) is 20.8 Å². The van der Waals surface area contributed by atoms with Crippen molar-refractivity contribution in [3.63, 3.8) is 0 Å². The standard InChI is InChI=1S/C13H21N3O2/c1-4-18-13(2,3)9-15-12(17)16-11-7-5-6-10(14)8-11/h5-8H,4,9,14H2,1-3H3,(H2,15,16,17). The number of anilines is 2. The summed E-state index contributed by atoms with van der Waals surface area (Å²) in [5.41, 5.74) is 6.53. The van der Waals surface area contributed by atoms with Crippen LogP contribution in [0.25, 0.3) is 0 Å². The predicted octanol–water partition coefficient (Wildman–Crippen LogP) is 2.21. The smallest absolute Gasteiger partial charge is 0.319 e. The van der Waals surface area contributed by atoms with E-state index in [0.29, 0.717) is 24.5 Å². The Morgan fingerprint density at radius 1 is 1.44 bits per heavy atom. The van der Waals surface area contributed by atoms with Crippen molar-refractivity contribution < 1.29 is 9.53 Å². The zero-order valence-electron chi connectivity index (χ0n) is 11.1. The molecule has 5 nitrogen and oxygen atoms in total. The second-order valence-corrected chi connectivity index (χ2v) is 4.63. The Kier molecular flexibility index (Phi) is 4.97. The summed E-state index contributed by atoms with van der Waals surface area (Å²) in [6.07, 6.45) is 0. The Labute approximate surface area is 108 Å². The molecule has 0 atom stereocenters. The lowest BCUT2D eigenvalue weighted by atomic mass is 10.1. The van der Waals surface area contributed by atoms with Crippen molar-refractivity contribution in [3.8, 4) is 0 Å². The van der Waals surface area contributed by atoms with Gasteiger partial charge in [-0.15, -0.1) is 0 Å². The van der Waals surface area contributed by atoms with Crippen LogP contribution in [-0.4, -0.2) is 24.8 Å². The topological polar surface area (TPSA) is 76.4 Å². The van der Waals surface area contributed by atoms with Gasteiger partial charge in [0.2, 0.25) is 0 Å². The highest BCUT2D eigenvalue weighted by atomic mass is 16.5. The summed E-state index contributed by atoms with van der Waals surface area (Å²) >= 11 is 0. The number of amides is 2. The first-order chi connectivity index (χ1) is 8.43. The number of nitrogen functional groups attached to an aromatic ring is 1. The van der Waals surface area contributed by atoms with E-state index in [2.05, 4.69) is 10.6 Å². The van der Waals surface area contributed by atoms with Crippen LogP contribution in [0.2, 0.25) is 0 Å². The molecule has 0 aliphatic heterocycles. The van der Waals surface area contributed by atoms with Gasteiger partial charge in [-0.1, -0.05) is 6.07 Å². The van der Waals surface area contributed by atoms with Gasteiger partial charge in [-0.2, -0.15) is 0 Å². The zero-order valence-corrected chi connectivity index (χ0v) is 11.1. The third kappa shape index (κ3) is 5.05. The number of nitrogens with one attached hydrogen (secondary N) is 2. The maximum absolute atomic E-state index is 11.7. The number of carbonyl (C=O) groups excluding carboxylic acids is 1. The Bertz CT molecular complexity index is 405. The van der Waals surface area contributed by atoms with Crippen LogP contribution in [0, 0.1) is 0 Å². The molecule has 0 radical (unpaired) electrons. The fraction of sp³-hybridized carbons (Fsp3) is 0.462. The van der Waals surface area contributed by atoms with Crippen molar-refractivity contribution in [1.82, 2.24) is 5.32 Å². The van der Waals surface area contributed by atoms with E-state index in [1.54, 1.807) is 24.3 Å². The molecule has 1 aromatic rings. The van der Waals surface area contributed by atoms with Crippen LogP contribution in [-0.2, 0) is 4.74 Å². The predicted molar refractivity (Wildman–Crippen MR) is 73.6 cm³/mol. The molecule has 0 heterocycles. The van der Waals surface area contributed by atoms with E-state index >= 15 is 0 Å². The number of carbonyl (C=O) groups is 1. The zero-order chi connectivity index (χ0) is 13.6. The number of urea groups is 1. The number of nitrogens with two attached hydrogens (primary N) is 1. The summed E-state index contributed by atoms with van der Waals surface area (Å²) in [5.74, 6) is 0. The number of benzene rings is 1. The molecule has 1 rings (SSSR count). The summed E-state index contributed by atoms with van der Waals surface area (Å²) in [7, 11) is 0. The SMILES string of the molecule is CCOC(C)(C)CNC(=O)Nc1cccc(N)c1. The third-order valence-electron chi connectivity index (χ3n) is 2.35. The van der Waals surface area contributed by atoms with Crippen LogP contribution in [0.15, 0.2) is 24.3 Å². The first-order valence-corrected chi connectivity index (χ1v) is 5.97. The molecule has 0 aromatic heterocycles. The fourth-order valence-corrected chi connectivity index (χ4v) is 1.53. The molecule has 18 heavy (non-hydrogen) atoms. The molecule has 0 spiro atoms. The second-order valence-electron chi connectivity index (χ2n) is 4.63. The van der Waals surface area contributed by atoms with E-state index in [1.165, 1.54) is 0 Å². The van der Waals surface area contributed by atoms with Gasteiger partial charge in [0.25, 0.3) is 0 Å². The van der Waals surface area contributed by atoms with Crippen LogP contribution in [0.3, 0.4) is 0 Å². The molecule has 100 valence electrons. The quantitative estimate of drug-likeness (QED) is 0.702. The lowest BCUT2D eigenvalue weighted by Gasteiger charge is -2.24. The van der Waals surface area contributed by atoms with Gasteiger partial charge in [0.15, 0.2) is 0 Å². The Morgan fingerprint density at radius 2 is 2.17 bits per heavy atom. The minimum atomic E-state index is -0.373. The van der Waals surface area contributed by atoms with Crippen molar-refractivity contribution in [3.05, 3.63) is 24.3 Å². The van der Waals surface area contributed by atoms with Crippen molar-refractivity contribution in [2.75, 3.05) is 24.2 Å². The largest absolute Gasteiger partial charge is 0.399 e. The van der Waals surface area contributed by atoms with E-state index in [0.717, 1.165) is 0 Å². The second kappa shape index (κ2) is 6.26. The minimum Gasteiger partial charge on any atom is -0.399 e. The third-order valence-corrected chi connectivity index (χ3v) is 2.35. The molecule has 0 saturated heterocycles. The Balaban J connectivity index is 2.43. The maximum Gasteiger partial charge on any atom is 0.319 e. The summed E-state index contributed by atoms with van der Waals surface area (Å²) in [4.78, 5) is 11.7. The molecule has 0 aliphatic carbocycles. The highest BCUT2D eigenvalue weighted by Gasteiger charge is 2.18. The average Bonchev–Trinajstić information content (AvgIpc) is 2.26. The van der Waals surface area contributed by atoms with Crippen LogP contribution >= 0.6 is 0 Å². The summed E-state index contributed by atoms with van der Waals surface area (Å²) < 4.78 is 5.49. The van der Waals surface area contributed by atoms with E-state index in [9.17, 15) is 4.79 Å². The first-order valence-electron chi connectivity index (χ1n) is 5.97. The fourth-order valence-electron chi connectivity index (χ4n) is 1.53. The Morgan fingerprint density at radius 3 is 2.78 bits per heavy atom. The van der Waals surface area contributed by atoms with Gasteiger partial charge in [-0.25, -0.2) is 4.79 Å². The maximum atomic E-state index is 11.7. The first kappa shape index (κ1) is 14.3. The highest BCUT2D eigenvalue weighted by molar-refractivity contribution is 5.89. The molecule has 4 N–H and O–H groups in total. The number of hydrogen-bond acceptors (Lipinski definition) is 3. The van der Waals surface area contributed by atoms with E-state index < -0.39 is 0 Å². The number of hydrogen-bond donors (Lipinski definition) is 3. The van der Waals surface area contributed by atoms with E-state index in [4.69, 9.17) is 10.5 Å². The lowest BCUT2D eigenvalue weighted by molar-refractivity contribution is -0.00662.